The molecule has 3 rings (SSSR count). The van der Waals surface area contributed by atoms with E-state index in [1.165, 1.54) is 56.6 Å². The maximum atomic E-state index is 12.8. The average molecular weight is 504 g/mol. The predicted octanol–water partition coefficient (Wildman–Crippen LogP) is 3.27. The van der Waals surface area contributed by atoms with E-state index < -0.39 is 26.0 Å². The molecule has 0 atom stereocenters. The number of hydrogen-bond donors (Lipinski definition) is 3. The van der Waals surface area contributed by atoms with Gasteiger partial charge in [0.1, 0.15) is 5.75 Å². The first kappa shape index (κ1) is 25.1. The Morgan fingerprint density at radius 3 is 2.00 bits per heavy atom. The standard InChI is InChI=1S/C23H25N3O6S2/c1-15-5-11-21(16(2)13-15)26-33(28,29)18-8-6-17(7-9-18)25-34(30,31)19-10-12-22(32-4)20(14-19)23(27)24-3/h5-14,25-26H,1-4H3,(H,24,27). The van der Waals surface area contributed by atoms with Gasteiger partial charge in [-0.15, -0.1) is 0 Å². The van der Waals surface area contributed by atoms with Crippen molar-refractivity contribution in [3.63, 3.8) is 0 Å². The van der Waals surface area contributed by atoms with Crippen LogP contribution in [0.4, 0.5) is 11.4 Å². The first-order valence-corrected chi connectivity index (χ1v) is 13.1. The molecule has 0 heterocycles. The summed E-state index contributed by atoms with van der Waals surface area (Å²) < 4.78 is 61.2. The van der Waals surface area contributed by atoms with Crippen molar-refractivity contribution < 1.29 is 26.4 Å². The third-order valence-corrected chi connectivity index (χ3v) is 7.76. The van der Waals surface area contributed by atoms with Gasteiger partial charge in [-0.3, -0.25) is 14.2 Å². The smallest absolute Gasteiger partial charge is 0.261 e. The number of benzene rings is 3. The van der Waals surface area contributed by atoms with Crippen LogP contribution in [-0.2, 0) is 20.0 Å². The van der Waals surface area contributed by atoms with E-state index >= 15 is 0 Å². The Hall–Kier alpha value is -3.57. The van der Waals surface area contributed by atoms with Crippen molar-refractivity contribution in [2.45, 2.75) is 23.6 Å². The van der Waals surface area contributed by atoms with E-state index in [1.54, 1.807) is 19.1 Å². The van der Waals surface area contributed by atoms with Gasteiger partial charge in [0.15, 0.2) is 0 Å². The number of anilines is 2. The molecular weight excluding hydrogens is 478 g/mol. The van der Waals surface area contributed by atoms with Gasteiger partial charge in [-0.25, -0.2) is 16.8 Å². The van der Waals surface area contributed by atoms with Gasteiger partial charge in [0.2, 0.25) is 0 Å². The lowest BCUT2D eigenvalue weighted by molar-refractivity contribution is 0.0960. The molecule has 180 valence electrons. The molecule has 0 aliphatic heterocycles. The van der Waals surface area contributed by atoms with Crippen molar-refractivity contribution in [1.82, 2.24) is 5.32 Å². The van der Waals surface area contributed by atoms with Crippen LogP contribution in [0.2, 0.25) is 0 Å². The minimum atomic E-state index is -4.06. The molecule has 0 unspecified atom stereocenters. The van der Waals surface area contributed by atoms with Crippen LogP contribution in [0.1, 0.15) is 21.5 Å². The summed E-state index contributed by atoms with van der Waals surface area (Å²) in [5.74, 6) is -0.274. The summed E-state index contributed by atoms with van der Waals surface area (Å²) in [6, 6.07) is 14.5. The van der Waals surface area contributed by atoms with Gasteiger partial charge in [-0.05, 0) is 67.9 Å². The van der Waals surface area contributed by atoms with Gasteiger partial charge >= 0.3 is 0 Å². The second-order valence-electron chi connectivity index (χ2n) is 7.49. The lowest BCUT2D eigenvalue weighted by Crippen LogP contribution is -2.20. The molecule has 0 aromatic heterocycles. The topological polar surface area (TPSA) is 131 Å². The maximum absolute atomic E-state index is 12.8. The molecular formula is C23H25N3O6S2. The molecule has 0 fully saturated rings. The van der Waals surface area contributed by atoms with E-state index in [0.717, 1.165) is 11.1 Å². The summed E-state index contributed by atoms with van der Waals surface area (Å²) in [6.45, 7) is 3.72. The van der Waals surface area contributed by atoms with Crippen LogP contribution in [0.5, 0.6) is 5.75 Å². The van der Waals surface area contributed by atoms with Crippen molar-refractivity contribution in [3.05, 3.63) is 77.4 Å². The van der Waals surface area contributed by atoms with E-state index in [-0.39, 0.29) is 26.8 Å². The van der Waals surface area contributed by atoms with E-state index in [9.17, 15) is 21.6 Å². The summed E-state index contributed by atoms with van der Waals surface area (Å²) in [4.78, 5) is 11.9. The number of ether oxygens (including phenoxy) is 1. The van der Waals surface area contributed by atoms with Gasteiger partial charge in [0.25, 0.3) is 26.0 Å². The fraction of sp³-hybridized carbons (Fsp3) is 0.174. The number of aryl methyl sites for hydroxylation is 2. The normalized spacial score (nSPS) is 11.5. The number of methoxy groups -OCH3 is 1. The Morgan fingerprint density at radius 1 is 0.794 bits per heavy atom. The number of amides is 1. The van der Waals surface area contributed by atoms with Gasteiger partial charge in [0.05, 0.1) is 28.2 Å². The van der Waals surface area contributed by atoms with Gasteiger partial charge in [-0.2, -0.15) is 0 Å². The van der Waals surface area contributed by atoms with Crippen molar-refractivity contribution in [2.75, 3.05) is 23.6 Å². The monoisotopic (exact) mass is 503 g/mol. The molecule has 0 spiro atoms. The zero-order valence-corrected chi connectivity index (χ0v) is 20.7. The molecule has 0 aliphatic rings. The first-order chi connectivity index (χ1) is 16.0. The average Bonchev–Trinajstić information content (AvgIpc) is 2.80. The Labute approximate surface area is 199 Å². The predicted molar refractivity (Wildman–Crippen MR) is 130 cm³/mol. The SMILES string of the molecule is CNC(=O)c1cc(S(=O)(=O)Nc2ccc(S(=O)(=O)Nc3ccc(C)cc3C)cc2)ccc1OC. The number of carbonyl (C=O) groups excluding carboxylic acids is 1. The van der Waals surface area contributed by atoms with Crippen molar-refractivity contribution in [2.24, 2.45) is 0 Å². The summed E-state index contributed by atoms with van der Waals surface area (Å²) >= 11 is 0. The van der Waals surface area contributed by atoms with Crippen LogP contribution >= 0.6 is 0 Å². The summed E-state index contributed by atoms with van der Waals surface area (Å²) in [5.41, 5.74) is 2.47. The minimum Gasteiger partial charge on any atom is -0.496 e. The summed E-state index contributed by atoms with van der Waals surface area (Å²) in [6.07, 6.45) is 0. The molecule has 0 saturated carbocycles. The van der Waals surface area contributed by atoms with Gasteiger partial charge in [-0.1, -0.05) is 17.7 Å². The molecule has 0 radical (unpaired) electrons. The highest BCUT2D eigenvalue weighted by molar-refractivity contribution is 7.93. The molecule has 0 bridgehead atoms. The molecule has 11 heteroatoms. The van der Waals surface area contributed by atoms with Crippen LogP contribution < -0.4 is 19.5 Å². The molecule has 3 aromatic carbocycles. The number of hydrogen-bond acceptors (Lipinski definition) is 6. The summed E-state index contributed by atoms with van der Waals surface area (Å²) in [5, 5.41) is 2.43. The highest BCUT2D eigenvalue weighted by Crippen LogP contribution is 2.25. The molecule has 9 nitrogen and oxygen atoms in total. The zero-order valence-electron chi connectivity index (χ0n) is 19.0. The first-order valence-electron chi connectivity index (χ1n) is 10.1. The van der Waals surface area contributed by atoms with E-state index in [4.69, 9.17) is 4.74 Å². The van der Waals surface area contributed by atoms with E-state index in [1.807, 2.05) is 13.0 Å². The Kier molecular flexibility index (Phi) is 7.18. The lowest BCUT2D eigenvalue weighted by atomic mass is 10.1. The molecule has 1 amide bonds. The largest absolute Gasteiger partial charge is 0.496 e. The fourth-order valence-electron chi connectivity index (χ4n) is 3.21. The van der Waals surface area contributed by atoms with Gasteiger partial charge < -0.3 is 10.1 Å². The molecule has 34 heavy (non-hydrogen) atoms. The minimum absolute atomic E-state index is 0.0261. The van der Waals surface area contributed by atoms with Crippen LogP contribution in [0.3, 0.4) is 0 Å². The Morgan fingerprint density at radius 2 is 1.41 bits per heavy atom. The van der Waals surface area contributed by atoms with E-state index in [0.29, 0.717) is 5.69 Å². The van der Waals surface area contributed by atoms with Crippen molar-refractivity contribution >= 4 is 37.3 Å². The maximum Gasteiger partial charge on any atom is 0.261 e. The second kappa shape index (κ2) is 9.74. The molecule has 0 saturated heterocycles. The summed E-state index contributed by atoms with van der Waals surface area (Å²) in [7, 11) is -5.14. The number of nitrogens with one attached hydrogen (secondary N) is 3. The Bertz CT molecular complexity index is 1430. The lowest BCUT2D eigenvalue weighted by Gasteiger charge is -2.13. The van der Waals surface area contributed by atoms with Crippen molar-refractivity contribution in [3.8, 4) is 5.75 Å². The fourth-order valence-corrected chi connectivity index (χ4v) is 5.43. The number of carbonyl (C=O) groups is 1. The number of rotatable bonds is 8. The van der Waals surface area contributed by atoms with Crippen LogP contribution in [0.25, 0.3) is 0 Å². The zero-order chi connectivity index (χ0) is 25.1. The van der Waals surface area contributed by atoms with Crippen LogP contribution in [0, 0.1) is 13.8 Å². The Balaban J connectivity index is 1.83. The van der Waals surface area contributed by atoms with E-state index in [2.05, 4.69) is 14.8 Å². The third kappa shape index (κ3) is 5.49. The van der Waals surface area contributed by atoms with Crippen LogP contribution in [0.15, 0.2) is 70.5 Å². The quantitative estimate of drug-likeness (QED) is 0.432. The number of sulfonamides is 2. The van der Waals surface area contributed by atoms with Crippen LogP contribution in [-0.4, -0.2) is 36.9 Å². The van der Waals surface area contributed by atoms with Gasteiger partial charge in [0, 0.05) is 12.7 Å². The second-order valence-corrected chi connectivity index (χ2v) is 10.9. The molecule has 3 N–H and O–H groups in total. The molecule has 0 aliphatic carbocycles. The highest BCUT2D eigenvalue weighted by Gasteiger charge is 2.20. The third-order valence-electron chi connectivity index (χ3n) is 5.00. The molecule has 3 aromatic rings. The highest BCUT2D eigenvalue weighted by atomic mass is 32.2. The van der Waals surface area contributed by atoms with Crippen molar-refractivity contribution in [1.29, 1.82) is 0 Å².